The molecule has 2 aromatic rings. The number of nitrogens with zero attached hydrogens (tertiary/aromatic N) is 1. The average molecular weight is 405 g/mol. The van der Waals surface area contributed by atoms with Crippen LogP contribution in [0.2, 0.25) is 5.02 Å². The Labute approximate surface area is 133 Å². The van der Waals surface area contributed by atoms with E-state index in [0.717, 1.165) is 8.95 Å². The number of pyridine rings is 1. The van der Waals surface area contributed by atoms with Crippen LogP contribution in [-0.4, -0.2) is 5.78 Å². The summed E-state index contributed by atoms with van der Waals surface area (Å²) in [6.45, 7) is 1.87. The summed E-state index contributed by atoms with van der Waals surface area (Å²) in [6, 6.07) is 8.58. The summed E-state index contributed by atoms with van der Waals surface area (Å²) < 4.78 is 3.70. The first kappa shape index (κ1) is 14.7. The highest BCUT2D eigenvalue weighted by Gasteiger charge is 2.24. The maximum atomic E-state index is 12.4. The molecule has 98 valence electrons. The molecule has 0 radical (unpaired) electrons. The van der Waals surface area contributed by atoms with Crippen molar-refractivity contribution in [2.75, 3.05) is 0 Å². The highest BCUT2D eigenvalue weighted by molar-refractivity contribution is 9.11. The summed E-state index contributed by atoms with van der Waals surface area (Å²) in [5, 5.41) is 0.627. The van der Waals surface area contributed by atoms with Gasteiger partial charge >= 0.3 is 0 Å². The Morgan fingerprint density at radius 3 is 2.21 bits per heavy atom. The lowest BCUT2D eigenvalue weighted by atomic mass is 10.1. The quantitative estimate of drug-likeness (QED) is 0.541. The normalized spacial score (nSPS) is 12.2. The van der Waals surface area contributed by atoms with E-state index < -0.39 is 0 Å². The number of halogens is 3. The number of benzene rings is 1. The van der Waals surface area contributed by atoms with Gasteiger partial charge in [0.2, 0.25) is 11.8 Å². The number of rotatable bonds is 3. The van der Waals surface area contributed by atoms with Gasteiger partial charge in [0, 0.05) is 17.5 Å². The summed E-state index contributed by atoms with van der Waals surface area (Å²) >= 11 is 12.7. The van der Waals surface area contributed by atoms with Crippen LogP contribution in [-0.2, 0) is 0 Å². The van der Waals surface area contributed by atoms with Crippen molar-refractivity contribution in [3.63, 3.8) is 0 Å². The lowest BCUT2D eigenvalue weighted by Crippen LogP contribution is -2.42. The smallest absolute Gasteiger partial charge is 0.230 e. The minimum Gasteiger partial charge on any atom is -0.287 e. The van der Waals surface area contributed by atoms with E-state index in [-0.39, 0.29) is 11.8 Å². The summed E-state index contributed by atoms with van der Waals surface area (Å²) in [5.41, 5.74) is 0.653. The van der Waals surface area contributed by atoms with Crippen LogP contribution in [0.25, 0.3) is 0 Å². The van der Waals surface area contributed by atoms with Crippen LogP contribution in [0, 0.1) is 0 Å². The maximum absolute atomic E-state index is 12.4. The number of carbonyl (C=O) groups excluding carboxylic acids is 1. The van der Waals surface area contributed by atoms with Gasteiger partial charge in [-0.05, 0) is 62.2 Å². The molecule has 0 aliphatic heterocycles. The number of hydrogen-bond acceptors (Lipinski definition) is 1. The van der Waals surface area contributed by atoms with Crippen LogP contribution >= 0.6 is 43.5 Å². The number of aromatic nitrogens is 1. The molecule has 0 saturated heterocycles. The van der Waals surface area contributed by atoms with Crippen molar-refractivity contribution in [2.24, 2.45) is 0 Å². The van der Waals surface area contributed by atoms with E-state index in [0.29, 0.717) is 10.6 Å². The third-order valence-corrected chi connectivity index (χ3v) is 3.90. The molecule has 0 spiro atoms. The van der Waals surface area contributed by atoms with E-state index in [2.05, 4.69) is 31.9 Å². The van der Waals surface area contributed by atoms with Crippen molar-refractivity contribution in [3.05, 3.63) is 62.3 Å². The Balaban J connectivity index is 2.30. The van der Waals surface area contributed by atoms with E-state index in [1.807, 2.05) is 30.0 Å². The molecule has 0 bridgehead atoms. The van der Waals surface area contributed by atoms with Crippen LogP contribution < -0.4 is 4.57 Å². The molecule has 1 aromatic carbocycles. The molecular weight excluding hydrogens is 393 g/mol. The zero-order valence-electron chi connectivity index (χ0n) is 10.1. The molecule has 19 heavy (non-hydrogen) atoms. The Kier molecular flexibility index (Phi) is 4.76. The van der Waals surface area contributed by atoms with Gasteiger partial charge in [-0.25, -0.2) is 0 Å². The lowest BCUT2D eigenvalue weighted by Gasteiger charge is -2.07. The third-order valence-electron chi connectivity index (χ3n) is 2.78. The van der Waals surface area contributed by atoms with E-state index in [4.69, 9.17) is 11.6 Å². The topological polar surface area (TPSA) is 20.9 Å². The lowest BCUT2D eigenvalue weighted by molar-refractivity contribution is -0.705. The summed E-state index contributed by atoms with van der Waals surface area (Å²) in [5.74, 6) is 0.0478. The third kappa shape index (κ3) is 3.65. The van der Waals surface area contributed by atoms with Gasteiger partial charge in [-0.1, -0.05) is 11.6 Å². The molecule has 1 heterocycles. The first-order chi connectivity index (χ1) is 8.97. The van der Waals surface area contributed by atoms with Crippen molar-refractivity contribution in [1.29, 1.82) is 0 Å². The van der Waals surface area contributed by atoms with Gasteiger partial charge in [0.25, 0.3) is 0 Å². The predicted octanol–water partition coefficient (Wildman–Crippen LogP) is 4.60. The summed E-state index contributed by atoms with van der Waals surface area (Å²) in [6.07, 6.45) is 3.76. The molecule has 0 N–H and O–H groups in total. The molecule has 0 unspecified atom stereocenters. The van der Waals surface area contributed by atoms with Crippen LogP contribution in [0.5, 0.6) is 0 Å². The van der Waals surface area contributed by atoms with Gasteiger partial charge in [-0.3, -0.25) is 4.79 Å². The van der Waals surface area contributed by atoms with Gasteiger partial charge in [0.1, 0.15) is 0 Å². The minimum atomic E-state index is -0.282. The van der Waals surface area contributed by atoms with Crippen LogP contribution in [0.1, 0.15) is 23.3 Å². The molecule has 0 aliphatic rings. The minimum absolute atomic E-state index is 0.0478. The van der Waals surface area contributed by atoms with Crippen molar-refractivity contribution in [3.8, 4) is 0 Å². The molecular formula is C14H11Br2ClNO+. The number of carbonyl (C=O) groups is 1. The number of ketones is 1. The second-order valence-corrected chi connectivity index (χ2v) is 6.43. The molecule has 0 amide bonds. The number of Topliss-reactive ketones (excluding diaryl/α,β-unsaturated/α-hetero) is 1. The zero-order valence-corrected chi connectivity index (χ0v) is 14.0. The van der Waals surface area contributed by atoms with Crippen molar-refractivity contribution < 1.29 is 9.36 Å². The average Bonchev–Trinajstić information content (AvgIpc) is 2.37. The molecule has 1 atom stereocenters. The SMILES string of the molecule is C[C@@H](C(=O)c1ccc(Cl)cc1)[n+]1cc(Br)cc(Br)c1. The van der Waals surface area contributed by atoms with Crippen LogP contribution in [0.15, 0.2) is 51.7 Å². The fourth-order valence-corrected chi connectivity index (χ4v) is 3.14. The van der Waals surface area contributed by atoms with Crippen molar-refractivity contribution in [1.82, 2.24) is 0 Å². The monoisotopic (exact) mass is 402 g/mol. The molecule has 1 aromatic heterocycles. The van der Waals surface area contributed by atoms with Crippen molar-refractivity contribution >= 4 is 49.2 Å². The van der Waals surface area contributed by atoms with E-state index in [1.54, 1.807) is 24.3 Å². The number of hydrogen-bond donors (Lipinski definition) is 0. The maximum Gasteiger partial charge on any atom is 0.230 e. The Bertz CT molecular complexity index is 593. The second kappa shape index (κ2) is 6.16. The fraction of sp³-hybridized carbons (Fsp3) is 0.143. The van der Waals surface area contributed by atoms with Crippen molar-refractivity contribution in [2.45, 2.75) is 13.0 Å². The summed E-state index contributed by atoms with van der Waals surface area (Å²) in [7, 11) is 0. The second-order valence-electron chi connectivity index (χ2n) is 4.17. The van der Waals surface area contributed by atoms with E-state index in [1.165, 1.54) is 0 Å². The van der Waals surface area contributed by atoms with Crippen LogP contribution in [0.4, 0.5) is 0 Å². The molecule has 5 heteroatoms. The molecule has 2 nitrogen and oxygen atoms in total. The first-order valence-corrected chi connectivity index (χ1v) is 7.60. The van der Waals surface area contributed by atoms with Gasteiger partial charge in [0.15, 0.2) is 12.4 Å². The van der Waals surface area contributed by atoms with E-state index in [9.17, 15) is 4.79 Å². The van der Waals surface area contributed by atoms with Gasteiger partial charge in [-0.2, -0.15) is 4.57 Å². The van der Waals surface area contributed by atoms with Gasteiger partial charge in [0.05, 0.1) is 8.95 Å². The standard InChI is InChI=1S/C14H11Br2ClNO/c1-9(18-7-11(15)6-12(16)8-18)14(19)10-2-4-13(17)5-3-10/h2-9H,1H3/q+1/t9-/m0/s1. The van der Waals surface area contributed by atoms with Gasteiger partial charge in [-0.15, -0.1) is 0 Å². The highest BCUT2D eigenvalue weighted by Crippen LogP contribution is 2.17. The molecule has 0 aliphatic carbocycles. The summed E-state index contributed by atoms with van der Waals surface area (Å²) in [4.78, 5) is 12.4. The Morgan fingerprint density at radius 2 is 1.68 bits per heavy atom. The van der Waals surface area contributed by atoms with Crippen LogP contribution in [0.3, 0.4) is 0 Å². The van der Waals surface area contributed by atoms with E-state index >= 15 is 0 Å². The van der Waals surface area contributed by atoms with Gasteiger partial charge < -0.3 is 0 Å². The molecule has 0 fully saturated rings. The zero-order chi connectivity index (χ0) is 14.0. The Morgan fingerprint density at radius 1 is 1.16 bits per heavy atom. The predicted molar refractivity (Wildman–Crippen MR) is 82.5 cm³/mol. The molecule has 2 rings (SSSR count). The first-order valence-electron chi connectivity index (χ1n) is 5.64. The largest absolute Gasteiger partial charge is 0.287 e. The molecule has 0 saturated carbocycles. The highest BCUT2D eigenvalue weighted by atomic mass is 79.9. The Hall–Kier alpha value is -0.710. The fourth-order valence-electron chi connectivity index (χ4n) is 1.74.